The van der Waals surface area contributed by atoms with Gasteiger partial charge < -0.3 is 0 Å². The fourth-order valence-electron chi connectivity index (χ4n) is 2.08. The average molecular weight is 273 g/mol. The number of nitrogens with zero attached hydrogens (tertiary/aromatic N) is 1. The van der Waals surface area contributed by atoms with Gasteiger partial charge in [0.1, 0.15) is 0 Å². The number of fused-ring (bicyclic) bond motifs is 1. The molecule has 92 valence electrons. The number of aryl methyl sites for hydroxylation is 1. The highest BCUT2D eigenvalue weighted by Gasteiger charge is 2.13. The van der Waals surface area contributed by atoms with Crippen LogP contribution in [0.15, 0.2) is 29.6 Å². The first-order valence-electron chi connectivity index (χ1n) is 6.10. The minimum atomic E-state index is 0.512. The van der Waals surface area contributed by atoms with Crippen LogP contribution in [-0.4, -0.2) is 4.98 Å². The second-order valence-corrected chi connectivity index (χ2v) is 6.72. The van der Waals surface area contributed by atoms with E-state index < -0.39 is 0 Å². The fraction of sp³-hybridized carbons (Fsp3) is 0.267. The summed E-state index contributed by atoms with van der Waals surface area (Å²) in [6.45, 7) is 6.59. The van der Waals surface area contributed by atoms with Crippen molar-refractivity contribution >= 4 is 32.8 Å². The van der Waals surface area contributed by atoms with Crippen molar-refractivity contribution in [3.8, 4) is 10.6 Å². The van der Waals surface area contributed by atoms with E-state index in [1.54, 1.807) is 11.3 Å². The van der Waals surface area contributed by atoms with Crippen molar-refractivity contribution in [3.05, 3.63) is 40.2 Å². The van der Waals surface area contributed by atoms with Crippen LogP contribution in [-0.2, 0) is 0 Å². The topological polar surface area (TPSA) is 12.9 Å². The third kappa shape index (κ3) is 1.88. The van der Waals surface area contributed by atoms with Gasteiger partial charge in [0.25, 0.3) is 0 Å². The monoisotopic (exact) mass is 273 g/mol. The molecule has 1 nitrogen and oxygen atoms in total. The number of hydrogen-bond acceptors (Lipinski definition) is 3. The van der Waals surface area contributed by atoms with Gasteiger partial charge in [0.15, 0.2) is 0 Å². The van der Waals surface area contributed by atoms with Crippen molar-refractivity contribution in [2.24, 2.45) is 0 Å². The molecule has 0 fully saturated rings. The van der Waals surface area contributed by atoms with Crippen LogP contribution in [0.4, 0.5) is 0 Å². The minimum absolute atomic E-state index is 0.512. The third-order valence-electron chi connectivity index (χ3n) is 3.09. The highest BCUT2D eigenvalue weighted by Crippen LogP contribution is 2.38. The maximum atomic E-state index is 4.77. The van der Waals surface area contributed by atoms with Crippen molar-refractivity contribution in [2.75, 3.05) is 0 Å². The predicted molar refractivity (Wildman–Crippen MR) is 81.8 cm³/mol. The molecule has 0 amide bonds. The standard InChI is InChI=1S/C15H15NS2/c1-9(2)15-16-12(8-17-15)14-10(3)11-6-4-5-7-13(11)18-14/h4-9H,1-3H3. The summed E-state index contributed by atoms with van der Waals surface area (Å²) in [6.07, 6.45) is 0. The molecule has 0 N–H and O–H groups in total. The van der Waals surface area contributed by atoms with Gasteiger partial charge in [0, 0.05) is 16.0 Å². The first-order chi connectivity index (χ1) is 8.66. The second kappa shape index (κ2) is 4.48. The second-order valence-electron chi connectivity index (χ2n) is 4.78. The number of rotatable bonds is 2. The van der Waals surface area contributed by atoms with Gasteiger partial charge in [-0.15, -0.1) is 22.7 Å². The summed E-state index contributed by atoms with van der Waals surface area (Å²) in [5.41, 5.74) is 2.50. The van der Waals surface area contributed by atoms with E-state index in [4.69, 9.17) is 4.98 Å². The first-order valence-corrected chi connectivity index (χ1v) is 7.80. The molecule has 0 saturated heterocycles. The molecule has 2 heterocycles. The van der Waals surface area contributed by atoms with E-state index in [0.29, 0.717) is 5.92 Å². The first kappa shape index (κ1) is 11.9. The van der Waals surface area contributed by atoms with Crippen LogP contribution in [0.2, 0.25) is 0 Å². The Morgan fingerprint density at radius 2 is 1.94 bits per heavy atom. The molecule has 0 radical (unpaired) electrons. The van der Waals surface area contributed by atoms with E-state index in [1.807, 2.05) is 11.3 Å². The molecule has 0 aliphatic heterocycles. The van der Waals surface area contributed by atoms with Crippen LogP contribution in [0.1, 0.15) is 30.3 Å². The van der Waals surface area contributed by atoms with Crippen LogP contribution in [0.25, 0.3) is 20.7 Å². The molecule has 0 aliphatic carbocycles. The molecule has 2 aromatic heterocycles. The Morgan fingerprint density at radius 1 is 1.17 bits per heavy atom. The lowest BCUT2D eigenvalue weighted by Crippen LogP contribution is -1.85. The van der Waals surface area contributed by atoms with Crippen LogP contribution in [0, 0.1) is 6.92 Å². The van der Waals surface area contributed by atoms with Crippen molar-refractivity contribution in [1.29, 1.82) is 0 Å². The Morgan fingerprint density at radius 3 is 2.61 bits per heavy atom. The number of aromatic nitrogens is 1. The lowest BCUT2D eigenvalue weighted by molar-refractivity contribution is 0.854. The van der Waals surface area contributed by atoms with Crippen molar-refractivity contribution < 1.29 is 0 Å². The molecule has 1 aromatic carbocycles. The number of hydrogen-bond donors (Lipinski definition) is 0. The third-order valence-corrected chi connectivity index (χ3v) is 5.53. The molecule has 0 aliphatic rings. The van der Waals surface area contributed by atoms with Gasteiger partial charge >= 0.3 is 0 Å². The molecule has 0 saturated carbocycles. The van der Waals surface area contributed by atoms with Crippen molar-refractivity contribution in [1.82, 2.24) is 4.98 Å². The highest BCUT2D eigenvalue weighted by molar-refractivity contribution is 7.22. The Hall–Kier alpha value is -1.19. The lowest BCUT2D eigenvalue weighted by Gasteiger charge is -1.97. The van der Waals surface area contributed by atoms with E-state index in [9.17, 15) is 0 Å². The van der Waals surface area contributed by atoms with Crippen molar-refractivity contribution in [2.45, 2.75) is 26.7 Å². The Bertz CT molecular complexity index is 691. The molecular formula is C15H15NS2. The van der Waals surface area contributed by atoms with E-state index in [-0.39, 0.29) is 0 Å². The summed E-state index contributed by atoms with van der Waals surface area (Å²) in [4.78, 5) is 6.08. The minimum Gasteiger partial charge on any atom is -0.240 e. The van der Waals surface area contributed by atoms with Gasteiger partial charge in [0.05, 0.1) is 15.6 Å². The Labute approximate surface area is 115 Å². The zero-order chi connectivity index (χ0) is 12.7. The van der Waals surface area contributed by atoms with E-state index in [1.165, 1.54) is 25.5 Å². The summed E-state index contributed by atoms with van der Waals surface area (Å²) in [5, 5.41) is 4.77. The van der Waals surface area contributed by atoms with Gasteiger partial charge in [-0.1, -0.05) is 32.0 Å². The number of thiophene rings is 1. The van der Waals surface area contributed by atoms with Crippen LogP contribution in [0.3, 0.4) is 0 Å². The molecule has 0 spiro atoms. The zero-order valence-electron chi connectivity index (χ0n) is 10.7. The Kier molecular flexibility index (Phi) is 2.96. The smallest absolute Gasteiger partial charge is 0.0958 e. The largest absolute Gasteiger partial charge is 0.240 e. The van der Waals surface area contributed by atoms with Crippen LogP contribution >= 0.6 is 22.7 Å². The van der Waals surface area contributed by atoms with Gasteiger partial charge in [0.2, 0.25) is 0 Å². The predicted octanol–water partition coefficient (Wildman–Crippen LogP) is 5.46. The molecule has 3 heteroatoms. The maximum Gasteiger partial charge on any atom is 0.0958 e. The van der Waals surface area contributed by atoms with Gasteiger partial charge in [-0.25, -0.2) is 4.98 Å². The SMILES string of the molecule is Cc1c(-c2csc(C(C)C)n2)sc2ccccc12. The summed E-state index contributed by atoms with van der Waals surface area (Å²) in [7, 11) is 0. The summed E-state index contributed by atoms with van der Waals surface area (Å²) >= 11 is 3.61. The van der Waals surface area contributed by atoms with Gasteiger partial charge in [-0.05, 0) is 23.9 Å². The molecule has 3 rings (SSSR count). The normalized spacial score (nSPS) is 11.6. The number of benzene rings is 1. The van der Waals surface area contributed by atoms with Gasteiger partial charge in [-0.3, -0.25) is 0 Å². The maximum absolute atomic E-state index is 4.77. The summed E-state index contributed by atoms with van der Waals surface area (Å²) in [6, 6.07) is 8.59. The quantitative estimate of drug-likeness (QED) is 0.604. The molecule has 0 atom stereocenters. The molecule has 3 aromatic rings. The highest BCUT2D eigenvalue weighted by atomic mass is 32.1. The molecule has 0 bridgehead atoms. The van der Waals surface area contributed by atoms with E-state index in [2.05, 4.69) is 50.4 Å². The van der Waals surface area contributed by atoms with Crippen LogP contribution < -0.4 is 0 Å². The molecular weight excluding hydrogens is 258 g/mol. The average Bonchev–Trinajstić information content (AvgIpc) is 2.95. The zero-order valence-corrected chi connectivity index (χ0v) is 12.4. The Balaban J connectivity index is 2.15. The lowest BCUT2D eigenvalue weighted by atomic mass is 10.1. The molecule has 18 heavy (non-hydrogen) atoms. The van der Waals surface area contributed by atoms with E-state index in [0.717, 1.165) is 5.69 Å². The number of thiazole rings is 1. The molecule has 0 unspecified atom stereocenters. The van der Waals surface area contributed by atoms with Crippen molar-refractivity contribution in [3.63, 3.8) is 0 Å². The fourth-order valence-corrected chi connectivity index (χ4v) is 4.15. The summed E-state index contributed by atoms with van der Waals surface area (Å²) < 4.78 is 1.35. The van der Waals surface area contributed by atoms with E-state index >= 15 is 0 Å². The van der Waals surface area contributed by atoms with Gasteiger partial charge in [-0.2, -0.15) is 0 Å². The van der Waals surface area contributed by atoms with Crippen LogP contribution in [0.5, 0.6) is 0 Å². The summed E-state index contributed by atoms with van der Waals surface area (Å²) in [5.74, 6) is 0.512.